The molecule has 0 unspecified atom stereocenters. The summed E-state index contributed by atoms with van der Waals surface area (Å²) in [7, 11) is 0. The first-order chi connectivity index (χ1) is 10.4. The van der Waals surface area contributed by atoms with Crippen LogP contribution in [-0.4, -0.2) is 49.9 Å². The highest BCUT2D eigenvalue weighted by Gasteiger charge is 2.12. The van der Waals surface area contributed by atoms with Crippen LogP contribution in [0.15, 0.2) is 18.2 Å². The van der Waals surface area contributed by atoms with E-state index in [2.05, 4.69) is 50.0 Å². The van der Waals surface area contributed by atoms with Gasteiger partial charge in [0, 0.05) is 25.3 Å². The fourth-order valence-electron chi connectivity index (χ4n) is 2.60. The van der Waals surface area contributed by atoms with Gasteiger partial charge in [0.05, 0.1) is 13.2 Å². The number of anilines is 1. The lowest BCUT2D eigenvalue weighted by atomic mass is 10.1. The molecule has 1 aliphatic rings. The molecule has 4 nitrogen and oxygen atoms in total. The Morgan fingerprint density at radius 1 is 1.23 bits per heavy atom. The van der Waals surface area contributed by atoms with Gasteiger partial charge in [-0.15, -0.1) is 0 Å². The van der Waals surface area contributed by atoms with Crippen molar-refractivity contribution in [1.82, 2.24) is 4.90 Å². The summed E-state index contributed by atoms with van der Waals surface area (Å²) in [6.45, 7) is 14.4. The van der Waals surface area contributed by atoms with Gasteiger partial charge >= 0.3 is 0 Å². The fourth-order valence-corrected chi connectivity index (χ4v) is 2.60. The van der Waals surface area contributed by atoms with E-state index in [1.165, 1.54) is 11.3 Å². The van der Waals surface area contributed by atoms with E-state index in [-0.39, 0.29) is 5.60 Å². The summed E-state index contributed by atoms with van der Waals surface area (Å²) < 4.78 is 11.3. The highest BCUT2D eigenvalue weighted by atomic mass is 16.5. The molecular formula is C18H30N2O2. The lowest BCUT2D eigenvalue weighted by Crippen LogP contribution is -2.37. The first kappa shape index (κ1) is 17.1. The highest BCUT2D eigenvalue weighted by Crippen LogP contribution is 2.24. The predicted molar refractivity (Wildman–Crippen MR) is 91.9 cm³/mol. The van der Waals surface area contributed by atoms with Crippen LogP contribution >= 0.6 is 0 Å². The Labute approximate surface area is 134 Å². The van der Waals surface area contributed by atoms with Gasteiger partial charge in [-0.2, -0.15) is 0 Å². The van der Waals surface area contributed by atoms with Gasteiger partial charge in [-0.1, -0.05) is 0 Å². The van der Waals surface area contributed by atoms with Crippen LogP contribution < -0.4 is 10.1 Å². The van der Waals surface area contributed by atoms with E-state index >= 15 is 0 Å². The minimum atomic E-state index is -0.153. The topological polar surface area (TPSA) is 33.7 Å². The van der Waals surface area contributed by atoms with Gasteiger partial charge in [-0.3, -0.25) is 4.90 Å². The average molecular weight is 306 g/mol. The van der Waals surface area contributed by atoms with Crippen molar-refractivity contribution in [1.29, 1.82) is 0 Å². The number of ether oxygens (including phenoxy) is 2. The Kier molecular flexibility index (Phi) is 6.09. The molecule has 1 saturated heterocycles. The molecule has 1 aliphatic heterocycles. The van der Waals surface area contributed by atoms with E-state index in [0.717, 1.165) is 51.6 Å². The molecule has 0 aromatic heterocycles. The zero-order valence-electron chi connectivity index (χ0n) is 14.4. The number of nitrogens with one attached hydrogen (secondary N) is 1. The van der Waals surface area contributed by atoms with Crippen molar-refractivity contribution in [2.45, 2.75) is 39.7 Å². The summed E-state index contributed by atoms with van der Waals surface area (Å²) in [4.78, 5) is 2.47. The number of aryl methyl sites for hydroxylation is 1. The third kappa shape index (κ3) is 5.85. The molecule has 0 atom stereocenters. The second kappa shape index (κ2) is 7.84. The van der Waals surface area contributed by atoms with E-state index in [0.29, 0.717) is 0 Å². The molecule has 2 rings (SSSR count). The number of nitrogens with zero attached hydrogens (tertiary/aromatic N) is 1. The number of rotatable bonds is 6. The molecule has 0 radical (unpaired) electrons. The van der Waals surface area contributed by atoms with Crippen LogP contribution in [-0.2, 0) is 4.74 Å². The molecule has 0 aliphatic carbocycles. The van der Waals surface area contributed by atoms with Gasteiger partial charge in [0.2, 0.25) is 0 Å². The fraction of sp³-hybridized carbons (Fsp3) is 0.667. The molecule has 1 aromatic carbocycles. The van der Waals surface area contributed by atoms with Crippen LogP contribution in [0.2, 0.25) is 0 Å². The minimum Gasteiger partial charge on any atom is -0.488 e. The Balaban J connectivity index is 1.75. The van der Waals surface area contributed by atoms with Gasteiger partial charge in [-0.05, 0) is 64.4 Å². The highest BCUT2D eigenvalue weighted by molar-refractivity contribution is 5.53. The second-order valence-electron chi connectivity index (χ2n) is 6.93. The Morgan fingerprint density at radius 3 is 2.59 bits per heavy atom. The zero-order chi connectivity index (χ0) is 16.0. The van der Waals surface area contributed by atoms with Crippen molar-refractivity contribution in [3.05, 3.63) is 23.8 Å². The zero-order valence-corrected chi connectivity index (χ0v) is 14.4. The third-order valence-corrected chi connectivity index (χ3v) is 3.69. The largest absolute Gasteiger partial charge is 0.488 e. The maximum absolute atomic E-state index is 5.90. The Morgan fingerprint density at radius 2 is 1.95 bits per heavy atom. The molecule has 124 valence electrons. The van der Waals surface area contributed by atoms with Crippen molar-refractivity contribution in [3.63, 3.8) is 0 Å². The Bertz CT molecular complexity index is 463. The van der Waals surface area contributed by atoms with Gasteiger partial charge < -0.3 is 14.8 Å². The SMILES string of the molecule is Cc1cc(OC(C)(C)C)ccc1NCCCN1CCOCC1. The van der Waals surface area contributed by atoms with Crippen LogP contribution in [0.5, 0.6) is 5.75 Å². The first-order valence-corrected chi connectivity index (χ1v) is 8.28. The van der Waals surface area contributed by atoms with Gasteiger partial charge in [0.1, 0.15) is 11.4 Å². The Hall–Kier alpha value is -1.26. The molecule has 22 heavy (non-hydrogen) atoms. The van der Waals surface area contributed by atoms with E-state index in [4.69, 9.17) is 9.47 Å². The summed E-state index contributed by atoms with van der Waals surface area (Å²) in [5.74, 6) is 0.934. The molecule has 1 fully saturated rings. The quantitative estimate of drug-likeness (QED) is 0.818. The molecule has 1 heterocycles. The predicted octanol–water partition coefficient (Wildman–Crippen LogP) is 3.31. The van der Waals surface area contributed by atoms with E-state index < -0.39 is 0 Å². The standard InChI is InChI=1S/C18H30N2O2/c1-15-14-16(22-18(2,3)4)6-7-17(15)19-8-5-9-20-10-12-21-13-11-20/h6-7,14,19H,5,8-13H2,1-4H3. The first-order valence-electron chi connectivity index (χ1n) is 8.28. The van der Waals surface area contributed by atoms with Gasteiger partial charge in [-0.25, -0.2) is 0 Å². The van der Waals surface area contributed by atoms with Crippen LogP contribution in [0.1, 0.15) is 32.8 Å². The van der Waals surface area contributed by atoms with Crippen LogP contribution in [0.4, 0.5) is 5.69 Å². The molecule has 0 bridgehead atoms. The third-order valence-electron chi connectivity index (χ3n) is 3.69. The van der Waals surface area contributed by atoms with Crippen molar-refractivity contribution in [3.8, 4) is 5.75 Å². The minimum absolute atomic E-state index is 0.153. The molecule has 0 saturated carbocycles. The molecule has 0 spiro atoms. The van der Waals surface area contributed by atoms with E-state index in [9.17, 15) is 0 Å². The number of hydrogen-bond acceptors (Lipinski definition) is 4. The van der Waals surface area contributed by atoms with Crippen molar-refractivity contribution >= 4 is 5.69 Å². The summed E-state index contributed by atoms with van der Waals surface area (Å²) in [5.41, 5.74) is 2.27. The molecule has 1 N–H and O–H groups in total. The number of benzene rings is 1. The summed E-state index contributed by atoms with van der Waals surface area (Å²) >= 11 is 0. The van der Waals surface area contributed by atoms with Crippen LogP contribution in [0.25, 0.3) is 0 Å². The van der Waals surface area contributed by atoms with E-state index in [1.807, 2.05) is 6.07 Å². The van der Waals surface area contributed by atoms with Crippen molar-refractivity contribution < 1.29 is 9.47 Å². The lowest BCUT2D eigenvalue weighted by molar-refractivity contribution is 0.0378. The van der Waals surface area contributed by atoms with Crippen LogP contribution in [0.3, 0.4) is 0 Å². The summed E-state index contributed by atoms with van der Waals surface area (Å²) in [6, 6.07) is 6.27. The smallest absolute Gasteiger partial charge is 0.120 e. The normalized spacial score (nSPS) is 16.5. The maximum Gasteiger partial charge on any atom is 0.120 e. The second-order valence-corrected chi connectivity index (χ2v) is 6.93. The average Bonchev–Trinajstić information content (AvgIpc) is 2.45. The monoisotopic (exact) mass is 306 g/mol. The summed E-state index contributed by atoms with van der Waals surface area (Å²) in [6.07, 6.45) is 1.15. The molecule has 1 aromatic rings. The van der Waals surface area contributed by atoms with E-state index in [1.54, 1.807) is 0 Å². The molecular weight excluding hydrogens is 276 g/mol. The number of morpholine rings is 1. The van der Waals surface area contributed by atoms with Gasteiger partial charge in [0.15, 0.2) is 0 Å². The maximum atomic E-state index is 5.90. The summed E-state index contributed by atoms with van der Waals surface area (Å²) in [5, 5.41) is 3.53. The van der Waals surface area contributed by atoms with Crippen molar-refractivity contribution in [2.24, 2.45) is 0 Å². The molecule has 0 amide bonds. The van der Waals surface area contributed by atoms with Crippen molar-refractivity contribution in [2.75, 3.05) is 44.7 Å². The molecule has 4 heteroatoms. The van der Waals surface area contributed by atoms with Gasteiger partial charge in [0.25, 0.3) is 0 Å². The van der Waals surface area contributed by atoms with Crippen LogP contribution in [0, 0.1) is 6.92 Å². The lowest BCUT2D eigenvalue weighted by Gasteiger charge is -2.26. The number of hydrogen-bond donors (Lipinski definition) is 1.